The van der Waals surface area contributed by atoms with Crippen LogP contribution in [0.25, 0.3) is 0 Å². The van der Waals surface area contributed by atoms with Crippen LogP contribution < -0.4 is 0 Å². The summed E-state index contributed by atoms with van der Waals surface area (Å²) in [6.07, 6.45) is 4.99. The molecule has 4 nitrogen and oxygen atoms in total. The standard InChI is InChI=1S/C21H38Cl2N2O2/c1-20(2)10-16(22)12-24(14-20)9-7-6-8-18(19(26)27-5)25-13-17(23)11-21(3,4)15-25/h16-18H,6-15H2,1-5H3/t16?,17?,18-/m0/s1. The highest BCUT2D eigenvalue weighted by Crippen LogP contribution is 2.34. The fourth-order valence-electron chi connectivity index (χ4n) is 4.94. The molecule has 27 heavy (non-hydrogen) atoms. The molecular weight excluding hydrogens is 383 g/mol. The van der Waals surface area contributed by atoms with Gasteiger partial charge in [0.2, 0.25) is 0 Å². The maximum absolute atomic E-state index is 12.4. The van der Waals surface area contributed by atoms with Crippen LogP contribution in [0, 0.1) is 10.8 Å². The summed E-state index contributed by atoms with van der Waals surface area (Å²) >= 11 is 12.9. The van der Waals surface area contributed by atoms with E-state index in [1.165, 1.54) is 7.11 Å². The average Bonchev–Trinajstić information content (AvgIpc) is 2.50. The minimum absolute atomic E-state index is 0.0946. The van der Waals surface area contributed by atoms with Crippen LogP contribution in [0.5, 0.6) is 0 Å². The first-order valence-electron chi connectivity index (χ1n) is 10.3. The molecule has 3 atom stereocenters. The first kappa shape index (κ1) is 23.3. The van der Waals surface area contributed by atoms with E-state index in [-0.39, 0.29) is 33.6 Å². The lowest BCUT2D eigenvalue weighted by Gasteiger charge is -2.43. The first-order chi connectivity index (χ1) is 12.5. The first-order valence-corrected chi connectivity index (χ1v) is 11.2. The Bertz CT molecular complexity index is 499. The molecule has 0 N–H and O–H groups in total. The minimum atomic E-state index is -0.186. The number of rotatable bonds is 7. The van der Waals surface area contributed by atoms with Crippen molar-refractivity contribution in [3.05, 3.63) is 0 Å². The number of esters is 1. The summed E-state index contributed by atoms with van der Waals surface area (Å²) in [5, 5.41) is 0.338. The number of hydrogen-bond donors (Lipinski definition) is 0. The van der Waals surface area contributed by atoms with Gasteiger partial charge in [0.05, 0.1) is 7.11 Å². The molecule has 2 aliphatic rings. The molecule has 2 rings (SSSR count). The number of ether oxygens (including phenoxy) is 1. The van der Waals surface area contributed by atoms with Gasteiger partial charge in [-0.15, -0.1) is 23.2 Å². The second kappa shape index (κ2) is 9.65. The Morgan fingerprint density at radius 3 is 2.19 bits per heavy atom. The average molecular weight is 421 g/mol. The number of methoxy groups -OCH3 is 1. The van der Waals surface area contributed by atoms with E-state index in [0.717, 1.165) is 64.8 Å². The van der Waals surface area contributed by atoms with Crippen molar-refractivity contribution >= 4 is 29.2 Å². The van der Waals surface area contributed by atoms with Crippen molar-refractivity contribution in [2.75, 3.05) is 39.8 Å². The van der Waals surface area contributed by atoms with Crippen LogP contribution in [0.1, 0.15) is 59.8 Å². The van der Waals surface area contributed by atoms with Gasteiger partial charge in [0, 0.05) is 36.9 Å². The van der Waals surface area contributed by atoms with E-state index in [1.54, 1.807) is 0 Å². The zero-order valence-corrected chi connectivity index (χ0v) is 19.3. The molecule has 2 fully saturated rings. The highest BCUT2D eigenvalue weighted by molar-refractivity contribution is 6.21. The van der Waals surface area contributed by atoms with Gasteiger partial charge >= 0.3 is 5.97 Å². The summed E-state index contributed by atoms with van der Waals surface area (Å²) in [4.78, 5) is 17.1. The maximum atomic E-state index is 12.4. The number of likely N-dealkylation sites (tertiary alicyclic amines) is 2. The third-order valence-corrected chi connectivity index (χ3v) is 6.42. The maximum Gasteiger partial charge on any atom is 0.323 e. The largest absolute Gasteiger partial charge is 0.468 e. The molecule has 0 amide bonds. The normalized spacial score (nSPS) is 30.0. The number of unbranched alkanes of at least 4 members (excludes halogenated alkanes) is 1. The van der Waals surface area contributed by atoms with Crippen LogP contribution in [0.15, 0.2) is 0 Å². The third-order valence-electron chi connectivity index (χ3n) is 5.84. The van der Waals surface area contributed by atoms with E-state index >= 15 is 0 Å². The SMILES string of the molecule is COC(=O)[C@H](CCCCN1CC(Cl)CC(C)(C)C1)N1CC(Cl)CC(C)(C)C1. The van der Waals surface area contributed by atoms with Crippen LogP contribution in [0.3, 0.4) is 0 Å². The number of nitrogens with zero attached hydrogens (tertiary/aromatic N) is 2. The van der Waals surface area contributed by atoms with Crippen molar-refractivity contribution in [1.82, 2.24) is 9.80 Å². The smallest absolute Gasteiger partial charge is 0.323 e. The second-order valence-corrected chi connectivity index (χ2v) is 11.4. The molecule has 0 aromatic carbocycles. The summed E-state index contributed by atoms with van der Waals surface area (Å²) < 4.78 is 5.11. The van der Waals surface area contributed by atoms with E-state index in [4.69, 9.17) is 27.9 Å². The van der Waals surface area contributed by atoms with Crippen molar-refractivity contribution in [2.45, 2.75) is 76.6 Å². The molecule has 2 aliphatic heterocycles. The Kier molecular flexibility index (Phi) is 8.31. The highest BCUT2D eigenvalue weighted by Gasteiger charge is 2.38. The fourth-order valence-corrected chi connectivity index (χ4v) is 6.15. The number of alkyl halides is 2. The van der Waals surface area contributed by atoms with Gasteiger partial charge in [-0.2, -0.15) is 0 Å². The lowest BCUT2D eigenvalue weighted by Crippen LogP contribution is -2.52. The number of piperidine rings is 2. The van der Waals surface area contributed by atoms with Crippen LogP contribution >= 0.6 is 23.2 Å². The van der Waals surface area contributed by atoms with E-state index in [9.17, 15) is 4.79 Å². The van der Waals surface area contributed by atoms with Crippen molar-refractivity contribution in [3.63, 3.8) is 0 Å². The highest BCUT2D eigenvalue weighted by atomic mass is 35.5. The molecule has 2 heterocycles. The van der Waals surface area contributed by atoms with Crippen molar-refractivity contribution in [3.8, 4) is 0 Å². The molecule has 2 unspecified atom stereocenters. The number of halogens is 2. The number of hydrogen-bond acceptors (Lipinski definition) is 4. The fraction of sp³-hybridized carbons (Fsp3) is 0.952. The molecular formula is C21H38Cl2N2O2. The zero-order chi connectivity index (χ0) is 20.2. The lowest BCUT2D eigenvalue weighted by molar-refractivity contribution is -0.148. The number of carbonyl (C=O) groups excluding carboxylic acids is 1. The van der Waals surface area contributed by atoms with E-state index in [1.807, 2.05) is 0 Å². The minimum Gasteiger partial charge on any atom is -0.468 e. The molecule has 0 saturated carbocycles. The molecule has 0 aromatic rings. The summed E-state index contributed by atoms with van der Waals surface area (Å²) in [6, 6.07) is -0.186. The molecule has 0 radical (unpaired) electrons. The quantitative estimate of drug-likeness (QED) is 0.347. The predicted octanol–water partition coefficient (Wildman–Crippen LogP) is 4.38. The van der Waals surface area contributed by atoms with Gasteiger partial charge in [0.1, 0.15) is 6.04 Å². The van der Waals surface area contributed by atoms with Gasteiger partial charge < -0.3 is 9.64 Å². The van der Waals surface area contributed by atoms with Crippen LogP contribution in [0.4, 0.5) is 0 Å². The topological polar surface area (TPSA) is 32.8 Å². The van der Waals surface area contributed by atoms with Gasteiger partial charge in [0.15, 0.2) is 0 Å². The Labute approximate surface area is 175 Å². The molecule has 0 aromatic heterocycles. The van der Waals surface area contributed by atoms with Gasteiger partial charge in [-0.05, 0) is 43.1 Å². The number of carbonyl (C=O) groups is 1. The van der Waals surface area contributed by atoms with Crippen LogP contribution in [-0.2, 0) is 9.53 Å². The predicted molar refractivity (Wildman–Crippen MR) is 114 cm³/mol. The molecule has 0 aliphatic carbocycles. The van der Waals surface area contributed by atoms with Crippen LogP contribution in [0.2, 0.25) is 0 Å². The van der Waals surface area contributed by atoms with Crippen LogP contribution in [-0.4, -0.2) is 72.4 Å². The van der Waals surface area contributed by atoms with Crippen molar-refractivity contribution in [2.24, 2.45) is 10.8 Å². The second-order valence-electron chi connectivity index (χ2n) is 10.1. The monoisotopic (exact) mass is 420 g/mol. The third kappa shape index (κ3) is 7.38. The lowest BCUT2D eigenvalue weighted by atomic mass is 9.83. The van der Waals surface area contributed by atoms with Gasteiger partial charge in [-0.3, -0.25) is 9.69 Å². The molecule has 0 spiro atoms. The Morgan fingerprint density at radius 1 is 1.04 bits per heavy atom. The molecule has 0 bridgehead atoms. The summed E-state index contributed by atoms with van der Waals surface area (Å²) in [6.45, 7) is 13.8. The zero-order valence-electron chi connectivity index (χ0n) is 17.8. The van der Waals surface area contributed by atoms with E-state index in [2.05, 4.69) is 37.5 Å². The van der Waals surface area contributed by atoms with Gasteiger partial charge in [0.25, 0.3) is 0 Å². The van der Waals surface area contributed by atoms with Crippen molar-refractivity contribution in [1.29, 1.82) is 0 Å². The van der Waals surface area contributed by atoms with E-state index < -0.39 is 0 Å². The summed E-state index contributed by atoms with van der Waals surface area (Å²) in [5.74, 6) is -0.128. The molecule has 6 heteroatoms. The molecule has 158 valence electrons. The Hall–Kier alpha value is -0.0300. The summed E-state index contributed by atoms with van der Waals surface area (Å²) in [7, 11) is 1.49. The van der Waals surface area contributed by atoms with Crippen molar-refractivity contribution < 1.29 is 9.53 Å². The molecule has 2 saturated heterocycles. The van der Waals surface area contributed by atoms with E-state index in [0.29, 0.717) is 0 Å². The Morgan fingerprint density at radius 2 is 1.63 bits per heavy atom. The van der Waals surface area contributed by atoms with Gasteiger partial charge in [-0.1, -0.05) is 34.1 Å². The van der Waals surface area contributed by atoms with Gasteiger partial charge in [-0.25, -0.2) is 0 Å². The summed E-state index contributed by atoms with van der Waals surface area (Å²) in [5.41, 5.74) is 0.416. The Balaban J connectivity index is 1.85.